The van der Waals surface area contributed by atoms with Crippen LogP contribution in [0.4, 0.5) is 4.79 Å². The predicted octanol–water partition coefficient (Wildman–Crippen LogP) is 0.963. The molecule has 1 fully saturated rings. The standard InChI is InChI=1S/C17H25N3O5S/c1-4-25-17(22)20-11-9-19(10-12-20)16(21)14(3)18-26(23,24)15-7-5-13(2)6-8-15/h5-8,14,18H,4,9-12H2,1-3H3/t14-/m1/s1. The predicted molar refractivity (Wildman–Crippen MR) is 96.1 cm³/mol. The van der Waals surface area contributed by atoms with Crippen LogP contribution in [0.15, 0.2) is 29.2 Å². The zero-order chi connectivity index (χ0) is 19.3. The maximum Gasteiger partial charge on any atom is 0.409 e. The molecule has 2 amide bonds. The zero-order valence-corrected chi connectivity index (χ0v) is 16.1. The number of aryl methyl sites for hydroxylation is 1. The van der Waals surface area contributed by atoms with E-state index in [4.69, 9.17) is 4.74 Å². The molecule has 8 nitrogen and oxygen atoms in total. The van der Waals surface area contributed by atoms with Gasteiger partial charge in [-0.25, -0.2) is 13.2 Å². The molecule has 1 atom stereocenters. The topological polar surface area (TPSA) is 96.0 Å². The number of carbonyl (C=O) groups excluding carboxylic acids is 2. The zero-order valence-electron chi connectivity index (χ0n) is 15.3. The van der Waals surface area contributed by atoms with Gasteiger partial charge in [-0.1, -0.05) is 17.7 Å². The van der Waals surface area contributed by atoms with Gasteiger partial charge in [0.1, 0.15) is 0 Å². The Bertz CT molecular complexity index is 740. The Morgan fingerprint density at radius 1 is 1.12 bits per heavy atom. The minimum Gasteiger partial charge on any atom is -0.450 e. The van der Waals surface area contributed by atoms with Crippen LogP contribution in [0.1, 0.15) is 19.4 Å². The number of amides is 2. The molecule has 26 heavy (non-hydrogen) atoms. The molecule has 0 spiro atoms. The van der Waals surface area contributed by atoms with Crippen molar-refractivity contribution in [2.24, 2.45) is 0 Å². The van der Waals surface area contributed by atoms with E-state index in [0.717, 1.165) is 5.56 Å². The fourth-order valence-electron chi connectivity index (χ4n) is 2.67. The van der Waals surface area contributed by atoms with Crippen LogP contribution >= 0.6 is 0 Å². The summed E-state index contributed by atoms with van der Waals surface area (Å²) in [5.74, 6) is -0.316. The van der Waals surface area contributed by atoms with Crippen molar-refractivity contribution < 1.29 is 22.7 Å². The molecule has 1 heterocycles. The van der Waals surface area contributed by atoms with Crippen LogP contribution < -0.4 is 4.72 Å². The van der Waals surface area contributed by atoms with Crippen LogP contribution in [0.3, 0.4) is 0 Å². The highest BCUT2D eigenvalue weighted by atomic mass is 32.2. The number of benzene rings is 1. The number of hydrogen-bond donors (Lipinski definition) is 1. The van der Waals surface area contributed by atoms with Gasteiger partial charge in [-0.15, -0.1) is 0 Å². The number of piperazine rings is 1. The Morgan fingerprint density at radius 3 is 2.19 bits per heavy atom. The summed E-state index contributed by atoms with van der Waals surface area (Å²) in [5, 5.41) is 0. The Morgan fingerprint density at radius 2 is 1.65 bits per heavy atom. The summed E-state index contributed by atoms with van der Waals surface area (Å²) >= 11 is 0. The van der Waals surface area contributed by atoms with E-state index in [2.05, 4.69) is 4.72 Å². The number of carbonyl (C=O) groups is 2. The second-order valence-corrected chi connectivity index (χ2v) is 7.88. The molecule has 0 radical (unpaired) electrons. The van der Waals surface area contributed by atoms with E-state index in [9.17, 15) is 18.0 Å². The molecule has 0 aromatic heterocycles. The van der Waals surface area contributed by atoms with Crippen molar-refractivity contribution in [3.05, 3.63) is 29.8 Å². The fourth-order valence-corrected chi connectivity index (χ4v) is 3.86. The number of sulfonamides is 1. The highest BCUT2D eigenvalue weighted by molar-refractivity contribution is 7.89. The van der Waals surface area contributed by atoms with Crippen molar-refractivity contribution in [3.8, 4) is 0 Å². The van der Waals surface area contributed by atoms with Crippen LogP contribution in [-0.2, 0) is 19.6 Å². The van der Waals surface area contributed by atoms with E-state index in [1.807, 2.05) is 6.92 Å². The fraction of sp³-hybridized carbons (Fsp3) is 0.529. The Kier molecular flexibility index (Phi) is 6.60. The van der Waals surface area contributed by atoms with Gasteiger partial charge in [0, 0.05) is 26.2 Å². The summed E-state index contributed by atoms with van der Waals surface area (Å²) in [4.78, 5) is 27.4. The highest BCUT2D eigenvalue weighted by Crippen LogP contribution is 2.12. The summed E-state index contributed by atoms with van der Waals surface area (Å²) < 4.78 is 32.2. The summed E-state index contributed by atoms with van der Waals surface area (Å²) in [6.07, 6.45) is -0.396. The van der Waals surface area contributed by atoms with E-state index in [1.54, 1.807) is 24.0 Å². The highest BCUT2D eigenvalue weighted by Gasteiger charge is 2.29. The van der Waals surface area contributed by atoms with Crippen LogP contribution in [0.2, 0.25) is 0 Å². The lowest BCUT2D eigenvalue weighted by molar-refractivity contribution is -0.134. The van der Waals surface area contributed by atoms with Crippen LogP contribution in [0.5, 0.6) is 0 Å². The summed E-state index contributed by atoms with van der Waals surface area (Å²) in [7, 11) is -3.77. The normalized spacial score (nSPS) is 16.3. The van der Waals surface area contributed by atoms with E-state index >= 15 is 0 Å². The average Bonchev–Trinajstić information content (AvgIpc) is 2.61. The quantitative estimate of drug-likeness (QED) is 0.817. The van der Waals surface area contributed by atoms with E-state index in [1.165, 1.54) is 24.0 Å². The van der Waals surface area contributed by atoms with Gasteiger partial charge in [-0.2, -0.15) is 4.72 Å². The van der Waals surface area contributed by atoms with E-state index < -0.39 is 22.2 Å². The van der Waals surface area contributed by atoms with E-state index in [-0.39, 0.29) is 10.8 Å². The SMILES string of the molecule is CCOC(=O)N1CCN(C(=O)[C@@H](C)NS(=O)(=O)c2ccc(C)cc2)CC1. The third-order valence-corrected chi connectivity index (χ3v) is 5.71. The van der Waals surface area contributed by atoms with Crippen LogP contribution in [0.25, 0.3) is 0 Å². The smallest absolute Gasteiger partial charge is 0.409 e. The van der Waals surface area contributed by atoms with Crippen LogP contribution in [0, 0.1) is 6.92 Å². The number of ether oxygens (including phenoxy) is 1. The minimum atomic E-state index is -3.77. The van der Waals surface area contributed by atoms with Crippen molar-refractivity contribution in [1.29, 1.82) is 0 Å². The molecule has 2 rings (SSSR count). The minimum absolute atomic E-state index is 0.120. The molecule has 1 aliphatic heterocycles. The molecule has 9 heteroatoms. The lowest BCUT2D eigenvalue weighted by Gasteiger charge is -2.35. The van der Waals surface area contributed by atoms with Crippen molar-refractivity contribution in [3.63, 3.8) is 0 Å². The molecular weight excluding hydrogens is 358 g/mol. The second kappa shape index (κ2) is 8.50. The lowest BCUT2D eigenvalue weighted by atomic mass is 10.2. The molecule has 0 bridgehead atoms. The number of hydrogen-bond acceptors (Lipinski definition) is 5. The first-order valence-corrected chi connectivity index (χ1v) is 10.0. The molecule has 0 unspecified atom stereocenters. The first-order chi connectivity index (χ1) is 12.2. The Hall–Kier alpha value is -2.13. The van der Waals surface area contributed by atoms with Crippen molar-refractivity contribution in [2.75, 3.05) is 32.8 Å². The molecule has 1 saturated heterocycles. The first kappa shape index (κ1) is 20.2. The number of rotatable bonds is 5. The number of nitrogens with zero attached hydrogens (tertiary/aromatic N) is 2. The molecular formula is C17H25N3O5S. The third kappa shape index (κ3) is 4.95. The third-order valence-electron chi connectivity index (χ3n) is 4.15. The molecule has 1 N–H and O–H groups in total. The molecule has 144 valence electrons. The van der Waals surface area contributed by atoms with Gasteiger partial charge in [0.2, 0.25) is 15.9 Å². The maximum atomic E-state index is 12.5. The molecule has 0 aliphatic carbocycles. The Labute approximate surface area is 154 Å². The van der Waals surface area contributed by atoms with Crippen LogP contribution in [-0.4, -0.2) is 69.0 Å². The van der Waals surface area contributed by atoms with Gasteiger partial charge < -0.3 is 14.5 Å². The largest absolute Gasteiger partial charge is 0.450 e. The lowest BCUT2D eigenvalue weighted by Crippen LogP contribution is -2.55. The molecule has 1 aromatic rings. The molecule has 1 aliphatic rings. The van der Waals surface area contributed by atoms with Gasteiger partial charge in [-0.3, -0.25) is 4.79 Å². The van der Waals surface area contributed by atoms with Gasteiger partial charge >= 0.3 is 6.09 Å². The monoisotopic (exact) mass is 383 g/mol. The summed E-state index contributed by atoms with van der Waals surface area (Å²) in [5.41, 5.74) is 0.951. The van der Waals surface area contributed by atoms with Crippen molar-refractivity contribution in [1.82, 2.24) is 14.5 Å². The van der Waals surface area contributed by atoms with Gasteiger partial charge in [0.05, 0.1) is 17.5 Å². The van der Waals surface area contributed by atoms with Gasteiger partial charge in [0.15, 0.2) is 0 Å². The van der Waals surface area contributed by atoms with Crippen molar-refractivity contribution >= 4 is 22.0 Å². The molecule has 1 aromatic carbocycles. The molecule has 0 saturated carbocycles. The van der Waals surface area contributed by atoms with E-state index in [0.29, 0.717) is 32.8 Å². The van der Waals surface area contributed by atoms with Gasteiger partial charge in [-0.05, 0) is 32.9 Å². The van der Waals surface area contributed by atoms with Gasteiger partial charge in [0.25, 0.3) is 0 Å². The maximum absolute atomic E-state index is 12.5. The Balaban J connectivity index is 1.93. The second-order valence-electron chi connectivity index (χ2n) is 6.17. The summed E-state index contributed by atoms with van der Waals surface area (Å²) in [6.45, 7) is 6.83. The average molecular weight is 383 g/mol. The first-order valence-electron chi connectivity index (χ1n) is 8.54. The van der Waals surface area contributed by atoms with Crippen molar-refractivity contribution in [2.45, 2.75) is 31.7 Å². The summed E-state index contributed by atoms with van der Waals surface area (Å²) in [6, 6.07) is 5.53. The number of nitrogens with one attached hydrogen (secondary N) is 1.